The first-order valence-corrected chi connectivity index (χ1v) is 4.76. The van der Waals surface area contributed by atoms with Crippen molar-refractivity contribution in [3.63, 3.8) is 0 Å². The molecule has 2 nitrogen and oxygen atoms in total. The number of piperidine rings is 1. The summed E-state index contributed by atoms with van der Waals surface area (Å²) in [6, 6.07) is 0. The molecule has 0 aromatic rings. The van der Waals surface area contributed by atoms with Crippen LogP contribution in [-0.4, -0.2) is 25.0 Å². The SMILES string of the molecule is O=C(CC1CCCNC1)CC(F)(F)F. The fraction of sp³-hybridized carbons (Fsp3) is 0.889. The Bertz CT molecular complexity index is 197. The number of hydrogen-bond acceptors (Lipinski definition) is 2. The summed E-state index contributed by atoms with van der Waals surface area (Å²) in [4.78, 5) is 11.0. The van der Waals surface area contributed by atoms with E-state index in [1.54, 1.807) is 0 Å². The third-order valence-corrected chi connectivity index (χ3v) is 2.31. The van der Waals surface area contributed by atoms with Crippen LogP contribution < -0.4 is 5.32 Å². The molecule has 0 aromatic heterocycles. The number of halogens is 3. The summed E-state index contributed by atoms with van der Waals surface area (Å²) in [7, 11) is 0. The molecule has 0 spiro atoms. The van der Waals surface area contributed by atoms with Crippen molar-refractivity contribution in [2.24, 2.45) is 5.92 Å². The van der Waals surface area contributed by atoms with Crippen molar-refractivity contribution in [2.75, 3.05) is 13.1 Å². The first-order valence-electron chi connectivity index (χ1n) is 4.76. The Balaban J connectivity index is 2.25. The highest BCUT2D eigenvalue weighted by atomic mass is 19.4. The van der Waals surface area contributed by atoms with Gasteiger partial charge in [0.15, 0.2) is 0 Å². The van der Waals surface area contributed by atoms with E-state index in [4.69, 9.17) is 0 Å². The van der Waals surface area contributed by atoms with Crippen LogP contribution in [0.15, 0.2) is 0 Å². The lowest BCUT2D eigenvalue weighted by molar-refractivity contribution is -0.152. The van der Waals surface area contributed by atoms with Crippen LogP contribution in [0.25, 0.3) is 0 Å². The van der Waals surface area contributed by atoms with Gasteiger partial charge >= 0.3 is 6.18 Å². The van der Waals surface area contributed by atoms with Gasteiger partial charge in [-0.3, -0.25) is 4.79 Å². The molecule has 5 heteroatoms. The van der Waals surface area contributed by atoms with Gasteiger partial charge in [0.1, 0.15) is 12.2 Å². The van der Waals surface area contributed by atoms with E-state index in [0.29, 0.717) is 6.54 Å². The molecule has 1 N–H and O–H groups in total. The molecule has 1 atom stereocenters. The normalized spacial score (nSPS) is 23.5. The zero-order chi connectivity index (χ0) is 10.6. The molecule has 1 unspecified atom stereocenters. The van der Waals surface area contributed by atoms with Crippen LogP contribution >= 0.6 is 0 Å². The lowest BCUT2D eigenvalue weighted by Gasteiger charge is -2.22. The largest absolute Gasteiger partial charge is 0.395 e. The second-order valence-electron chi connectivity index (χ2n) is 3.75. The Kier molecular flexibility index (Phi) is 3.92. The van der Waals surface area contributed by atoms with Gasteiger partial charge < -0.3 is 5.32 Å². The summed E-state index contributed by atoms with van der Waals surface area (Å²) in [5, 5.41) is 3.07. The van der Waals surface area contributed by atoms with Gasteiger partial charge in [-0.05, 0) is 31.8 Å². The maximum Gasteiger partial charge on any atom is 0.395 e. The second kappa shape index (κ2) is 4.77. The highest BCUT2D eigenvalue weighted by Gasteiger charge is 2.31. The molecule has 1 heterocycles. The Morgan fingerprint density at radius 2 is 2.14 bits per heavy atom. The number of nitrogens with one attached hydrogen (secondary N) is 1. The van der Waals surface area contributed by atoms with Gasteiger partial charge in [0.25, 0.3) is 0 Å². The number of ketones is 1. The second-order valence-corrected chi connectivity index (χ2v) is 3.75. The Labute approximate surface area is 80.9 Å². The van der Waals surface area contributed by atoms with Crippen molar-refractivity contribution in [1.82, 2.24) is 5.32 Å². The van der Waals surface area contributed by atoms with Gasteiger partial charge in [-0.15, -0.1) is 0 Å². The van der Waals surface area contributed by atoms with Crippen molar-refractivity contribution < 1.29 is 18.0 Å². The first-order chi connectivity index (χ1) is 6.47. The lowest BCUT2D eigenvalue weighted by Crippen LogP contribution is -2.31. The van der Waals surface area contributed by atoms with Crippen molar-refractivity contribution in [2.45, 2.75) is 31.9 Å². The van der Waals surface area contributed by atoms with Gasteiger partial charge in [-0.25, -0.2) is 0 Å². The van der Waals surface area contributed by atoms with Gasteiger partial charge in [0, 0.05) is 6.42 Å². The summed E-state index contributed by atoms with van der Waals surface area (Å²) >= 11 is 0. The van der Waals surface area contributed by atoms with E-state index >= 15 is 0 Å². The fourth-order valence-corrected chi connectivity index (χ4v) is 1.72. The highest BCUT2D eigenvalue weighted by molar-refractivity contribution is 5.79. The van der Waals surface area contributed by atoms with Crippen LogP contribution in [0, 0.1) is 5.92 Å². The first kappa shape index (κ1) is 11.5. The standard InChI is InChI=1S/C9H14F3NO/c10-9(11,12)5-8(14)4-7-2-1-3-13-6-7/h7,13H,1-6H2. The van der Waals surface area contributed by atoms with E-state index in [2.05, 4.69) is 5.32 Å². The highest BCUT2D eigenvalue weighted by Crippen LogP contribution is 2.23. The molecular formula is C9H14F3NO. The maximum absolute atomic E-state index is 11.8. The Hall–Kier alpha value is -0.580. The fourth-order valence-electron chi connectivity index (χ4n) is 1.72. The lowest BCUT2D eigenvalue weighted by atomic mass is 9.93. The minimum absolute atomic E-state index is 0.0620. The predicted octanol–water partition coefficient (Wildman–Crippen LogP) is 1.90. The van der Waals surface area contributed by atoms with Crippen LogP contribution in [0.4, 0.5) is 13.2 Å². The van der Waals surface area contributed by atoms with Crippen LogP contribution in [0.5, 0.6) is 0 Å². The zero-order valence-corrected chi connectivity index (χ0v) is 7.86. The van der Waals surface area contributed by atoms with Crippen molar-refractivity contribution >= 4 is 5.78 Å². The molecule has 14 heavy (non-hydrogen) atoms. The van der Waals surface area contributed by atoms with E-state index in [0.717, 1.165) is 19.4 Å². The van der Waals surface area contributed by atoms with E-state index in [-0.39, 0.29) is 12.3 Å². The number of hydrogen-bond donors (Lipinski definition) is 1. The van der Waals surface area contributed by atoms with E-state index in [1.807, 2.05) is 0 Å². The molecule has 0 amide bonds. The van der Waals surface area contributed by atoms with Crippen LogP contribution in [-0.2, 0) is 4.79 Å². The van der Waals surface area contributed by atoms with Crippen LogP contribution in [0.3, 0.4) is 0 Å². The molecule has 1 fully saturated rings. The molecule has 0 aliphatic carbocycles. The smallest absolute Gasteiger partial charge is 0.316 e. The molecule has 82 valence electrons. The molecule has 0 radical (unpaired) electrons. The minimum atomic E-state index is -4.35. The molecular weight excluding hydrogens is 195 g/mol. The number of alkyl halides is 3. The van der Waals surface area contributed by atoms with Gasteiger partial charge in [-0.2, -0.15) is 13.2 Å². The number of carbonyl (C=O) groups excluding carboxylic acids is 1. The third kappa shape index (κ3) is 4.60. The number of Topliss-reactive ketones (excluding diaryl/α,β-unsaturated/α-hetero) is 1. The molecule has 0 bridgehead atoms. The Morgan fingerprint density at radius 3 is 2.64 bits per heavy atom. The molecule has 0 saturated carbocycles. The van der Waals surface area contributed by atoms with Crippen LogP contribution in [0.1, 0.15) is 25.7 Å². The summed E-state index contributed by atoms with van der Waals surface area (Å²) in [6.07, 6.45) is -3.75. The maximum atomic E-state index is 11.8. The quantitative estimate of drug-likeness (QED) is 0.769. The van der Waals surface area contributed by atoms with Crippen molar-refractivity contribution in [3.8, 4) is 0 Å². The van der Waals surface area contributed by atoms with Crippen molar-refractivity contribution in [1.29, 1.82) is 0 Å². The van der Waals surface area contributed by atoms with Gasteiger partial charge in [-0.1, -0.05) is 0 Å². The zero-order valence-electron chi connectivity index (χ0n) is 7.86. The summed E-state index contributed by atoms with van der Waals surface area (Å²) in [5.41, 5.74) is 0. The topological polar surface area (TPSA) is 29.1 Å². The summed E-state index contributed by atoms with van der Waals surface area (Å²) in [5.74, 6) is -0.593. The van der Waals surface area contributed by atoms with Crippen LogP contribution in [0.2, 0.25) is 0 Å². The van der Waals surface area contributed by atoms with Crippen molar-refractivity contribution in [3.05, 3.63) is 0 Å². The summed E-state index contributed by atoms with van der Waals surface area (Å²) < 4.78 is 35.5. The third-order valence-electron chi connectivity index (χ3n) is 2.31. The number of rotatable bonds is 3. The molecule has 0 aromatic carbocycles. The van der Waals surface area contributed by atoms with E-state index in [9.17, 15) is 18.0 Å². The predicted molar refractivity (Wildman–Crippen MR) is 45.9 cm³/mol. The molecule has 1 aliphatic rings. The summed E-state index contributed by atoms with van der Waals surface area (Å²) in [6.45, 7) is 1.58. The average molecular weight is 209 g/mol. The molecule has 1 saturated heterocycles. The van der Waals surface area contributed by atoms with Gasteiger partial charge in [0.2, 0.25) is 0 Å². The monoisotopic (exact) mass is 209 g/mol. The minimum Gasteiger partial charge on any atom is -0.316 e. The molecule has 1 rings (SSSR count). The van der Waals surface area contributed by atoms with E-state index in [1.165, 1.54) is 0 Å². The Morgan fingerprint density at radius 1 is 1.43 bits per heavy atom. The average Bonchev–Trinajstić information content (AvgIpc) is 2.02. The van der Waals surface area contributed by atoms with Gasteiger partial charge in [0.05, 0.1) is 0 Å². The molecule has 1 aliphatic heterocycles. The van der Waals surface area contributed by atoms with E-state index < -0.39 is 18.4 Å². The number of carbonyl (C=O) groups is 1.